The zero-order valence-corrected chi connectivity index (χ0v) is 21.2. The largest absolute Gasteiger partial charge is 0.457 e. The van der Waals surface area contributed by atoms with Crippen LogP contribution in [-0.4, -0.2) is 16.2 Å². The van der Waals surface area contributed by atoms with Crippen molar-refractivity contribution in [2.75, 3.05) is 0 Å². The highest BCUT2D eigenvalue weighted by molar-refractivity contribution is 6.31. The van der Waals surface area contributed by atoms with Gasteiger partial charge in [0, 0.05) is 22.7 Å². The smallest absolute Gasteiger partial charge is 0.306 e. The maximum Gasteiger partial charge on any atom is 0.306 e. The van der Waals surface area contributed by atoms with Gasteiger partial charge in [-0.3, -0.25) is 9.89 Å². The molecule has 2 aromatic rings. The predicted octanol–water partition coefficient (Wildman–Crippen LogP) is 7.78. The van der Waals surface area contributed by atoms with E-state index in [0.29, 0.717) is 6.42 Å². The average Bonchev–Trinajstić information content (AvgIpc) is 3.23. The summed E-state index contributed by atoms with van der Waals surface area (Å²) in [4.78, 5) is 11.4. The zero-order valence-electron chi connectivity index (χ0n) is 20.5. The van der Waals surface area contributed by atoms with Crippen molar-refractivity contribution in [1.82, 2.24) is 10.2 Å². The number of esters is 1. The van der Waals surface area contributed by atoms with Crippen LogP contribution in [0.3, 0.4) is 0 Å². The minimum absolute atomic E-state index is 0.150. The molecule has 4 nitrogen and oxygen atoms in total. The van der Waals surface area contributed by atoms with Gasteiger partial charge in [0.1, 0.15) is 6.10 Å². The minimum Gasteiger partial charge on any atom is -0.457 e. The van der Waals surface area contributed by atoms with Gasteiger partial charge in [-0.05, 0) is 69.9 Å². The van der Waals surface area contributed by atoms with Crippen LogP contribution in [0.15, 0.2) is 42.0 Å². The SMILES string of the molecule is C#C.C/C=C(C)\C(=C/C)c1cc(C)[nH]n1.CCCC(OC(=O)CC)c1ccc(Cl)c(C)c1. The Morgan fingerprint density at radius 2 is 1.84 bits per heavy atom. The third-order valence-corrected chi connectivity index (χ3v) is 5.22. The van der Waals surface area contributed by atoms with Gasteiger partial charge < -0.3 is 4.74 Å². The molecule has 0 aliphatic heterocycles. The Kier molecular flexibility index (Phi) is 14.6. The molecule has 32 heavy (non-hydrogen) atoms. The van der Waals surface area contributed by atoms with Crippen LogP contribution < -0.4 is 0 Å². The molecule has 0 bridgehead atoms. The summed E-state index contributed by atoms with van der Waals surface area (Å²) < 4.78 is 5.44. The van der Waals surface area contributed by atoms with Gasteiger partial charge >= 0.3 is 5.97 Å². The van der Waals surface area contributed by atoms with Gasteiger partial charge in [-0.2, -0.15) is 5.10 Å². The molecule has 0 fully saturated rings. The second kappa shape index (κ2) is 15.9. The fourth-order valence-electron chi connectivity index (χ4n) is 2.96. The number of aromatic nitrogens is 2. The number of carbonyl (C=O) groups is 1. The van der Waals surface area contributed by atoms with Crippen molar-refractivity contribution in [3.05, 3.63) is 69.5 Å². The van der Waals surface area contributed by atoms with E-state index in [4.69, 9.17) is 16.3 Å². The molecule has 5 heteroatoms. The predicted molar refractivity (Wildman–Crippen MR) is 137 cm³/mol. The van der Waals surface area contributed by atoms with Crippen LogP contribution in [0, 0.1) is 26.7 Å². The Morgan fingerprint density at radius 3 is 2.28 bits per heavy atom. The molecule has 1 aromatic heterocycles. The first-order valence-corrected chi connectivity index (χ1v) is 11.3. The maximum absolute atomic E-state index is 11.4. The van der Waals surface area contributed by atoms with Gasteiger partial charge in [0.25, 0.3) is 0 Å². The van der Waals surface area contributed by atoms with E-state index < -0.39 is 0 Å². The average molecular weight is 457 g/mol. The first kappa shape index (κ1) is 29.2. The Bertz CT molecular complexity index is 923. The van der Waals surface area contributed by atoms with Gasteiger partial charge in [0.15, 0.2) is 0 Å². The van der Waals surface area contributed by atoms with Gasteiger partial charge in [-0.15, -0.1) is 12.8 Å². The topological polar surface area (TPSA) is 55.0 Å². The van der Waals surface area contributed by atoms with Gasteiger partial charge in [-0.25, -0.2) is 0 Å². The highest BCUT2D eigenvalue weighted by Crippen LogP contribution is 2.27. The highest BCUT2D eigenvalue weighted by Gasteiger charge is 2.15. The van der Waals surface area contributed by atoms with E-state index in [1.54, 1.807) is 6.92 Å². The summed E-state index contributed by atoms with van der Waals surface area (Å²) in [5, 5.41) is 7.91. The van der Waals surface area contributed by atoms with Gasteiger partial charge in [-0.1, -0.05) is 56.2 Å². The van der Waals surface area contributed by atoms with Crippen LogP contribution in [0.1, 0.15) is 82.5 Å². The zero-order chi connectivity index (χ0) is 24.7. The number of hydrogen-bond donors (Lipinski definition) is 1. The molecule has 1 aromatic carbocycles. The van der Waals surface area contributed by atoms with Crippen LogP contribution in [0.4, 0.5) is 0 Å². The van der Waals surface area contributed by atoms with Crippen molar-refractivity contribution >= 4 is 23.1 Å². The number of aromatic amines is 1. The molecule has 0 saturated carbocycles. The van der Waals surface area contributed by atoms with E-state index in [1.807, 2.05) is 45.9 Å². The Hall–Kier alpha value is -2.77. The summed E-state index contributed by atoms with van der Waals surface area (Å²) >= 11 is 5.99. The quantitative estimate of drug-likeness (QED) is 0.263. The lowest BCUT2D eigenvalue weighted by molar-refractivity contribution is -0.149. The number of rotatable bonds is 7. The number of ether oxygens (including phenoxy) is 1. The molecular formula is C27H37ClN2O2. The Balaban J connectivity index is 0.000000574. The van der Waals surface area contributed by atoms with Crippen molar-refractivity contribution in [3.8, 4) is 12.8 Å². The monoisotopic (exact) mass is 456 g/mol. The molecule has 1 unspecified atom stereocenters. The number of benzene rings is 1. The summed E-state index contributed by atoms with van der Waals surface area (Å²) in [7, 11) is 0. The third kappa shape index (κ3) is 9.58. The Labute approximate surface area is 199 Å². The number of hydrogen-bond acceptors (Lipinski definition) is 3. The number of allylic oxidation sites excluding steroid dienone is 4. The number of nitrogens with zero attached hydrogens (tertiary/aromatic N) is 1. The molecular weight excluding hydrogens is 420 g/mol. The van der Waals surface area contributed by atoms with Crippen LogP contribution >= 0.6 is 11.6 Å². The van der Waals surface area contributed by atoms with Crippen LogP contribution in [-0.2, 0) is 9.53 Å². The normalized spacial score (nSPS) is 12.1. The van der Waals surface area contributed by atoms with E-state index in [2.05, 4.69) is 55.1 Å². The fraction of sp³-hybridized carbons (Fsp3) is 0.407. The number of nitrogens with one attached hydrogen (secondary N) is 1. The molecule has 0 aliphatic carbocycles. The van der Waals surface area contributed by atoms with Gasteiger partial charge in [0.05, 0.1) is 5.69 Å². The molecule has 1 atom stereocenters. The molecule has 0 radical (unpaired) electrons. The van der Waals surface area contributed by atoms with Crippen molar-refractivity contribution in [2.45, 2.75) is 73.8 Å². The van der Waals surface area contributed by atoms with E-state index in [0.717, 1.165) is 40.4 Å². The summed E-state index contributed by atoms with van der Waals surface area (Å²) in [5.41, 5.74) is 6.61. The van der Waals surface area contributed by atoms with Crippen molar-refractivity contribution in [1.29, 1.82) is 0 Å². The molecule has 0 spiro atoms. The Morgan fingerprint density at radius 1 is 1.19 bits per heavy atom. The molecule has 174 valence electrons. The molecule has 2 rings (SSSR count). The first-order valence-electron chi connectivity index (χ1n) is 10.9. The second-order valence-electron chi connectivity index (χ2n) is 7.24. The van der Waals surface area contributed by atoms with Crippen molar-refractivity contribution in [2.24, 2.45) is 0 Å². The number of terminal acetylenes is 1. The van der Waals surface area contributed by atoms with E-state index in [9.17, 15) is 4.79 Å². The standard InChI is InChI=1S/C14H19ClO2.C11H16N2.C2H2/c1-4-6-13(17-14(16)5-2)11-7-8-12(15)10(3)9-11;1-5-8(3)10(6-2)11-7-9(4)12-13-11;1-2/h7-9,13H,4-6H2,1-3H3;5-7H,1-4H3,(H,12,13);1-2H/b;8-5-,10-6+;. The molecule has 0 amide bonds. The fourth-order valence-corrected chi connectivity index (χ4v) is 3.07. The number of carbonyl (C=O) groups excluding carboxylic acids is 1. The van der Waals surface area contributed by atoms with Crippen LogP contribution in [0.2, 0.25) is 5.02 Å². The van der Waals surface area contributed by atoms with E-state index >= 15 is 0 Å². The lowest BCUT2D eigenvalue weighted by Crippen LogP contribution is -2.10. The molecule has 0 saturated heterocycles. The lowest BCUT2D eigenvalue weighted by atomic mass is 10.0. The number of H-pyrrole nitrogens is 1. The molecule has 1 heterocycles. The summed E-state index contributed by atoms with van der Waals surface area (Å²) in [6, 6.07) is 7.83. The van der Waals surface area contributed by atoms with Crippen LogP contribution in [0.25, 0.3) is 5.57 Å². The van der Waals surface area contributed by atoms with Gasteiger partial charge in [0.2, 0.25) is 0 Å². The van der Waals surface area contributed by atoms with Crippen molar-refractivity contribution in [3.63, 3.8) is 0 Å². The summed E-state index contributed by atoms with van der Waals surface area (Å²) in [5.74, 6) is -0.156. The maximum atomic E-state index is 11.4. The highest BCUT2D eigenvalue weighted by atomic mass is 35.5. The van der Waals surface area contributed by atoms with E-state index in [1.165, 1.54) is 11.1 Å². The minimum atomic E-state index is -0.156. The summed E-state index contributed by atoms with van der Waals surface area (Å²) in [6.07, 6.45) is 14.3. The molecule has 1 N–H and O–H groups in total. The van der Waals surface area contributed by atoms with Crippen molar-refractivity contribution < 1.29 is 9.53 Å². The third-order valence-electron chi connectivity index (χ3n) is 4.80. The number of aryl methyl sites for hydroxylation is 2. The lowest BCUT2D eigenvalue weighted by Gasteiger charge is -2.18. The first-order chi connectivity index (χ1) is 15.3. The second-order valence-corrected chi connectivity index (χ2v) is 7.65. The van der Waals surface area contributed by atoms with Crippen LogP contribution in [0.5, 0.6) is 0 Å². The van der Waals surface area contributed by atoms with E-state index in [-0.39, 0.29) is 12.1 Å². The molecule has 0 aliphatic rings. The summed E-state index contributed by atoms with van der Waals surface area (Å²) in [6.45, 7) is 14.0. The number of halogens is 1.